The number of halogens is 2. The lowest BCUT2D eigenvalue weighted by atomic mass is 9.61. The molecule has 0 spiro atoms. The summed E-state index contributed by atoms with van der Waals surface area (Å²) in [5, 5.41) is -0.0453. The SMILES string of the molecule is C=N/C(Cl)=N\c1c(C)c(F)cn1C1C2CCC(CC2)[C@@H]1C(=O)OCC. The first-order chi connectivity index (χ1) is 12.0. The second-order valence-corrected chi connectivity index (χ2v) is 7.15. The molecule has 0 saturated heterocycles. The van der Waals surface area contributed by atoms with Gasteiger partial charge in [0, 0.05) is 11.8 Å². The van der Waals surface area contributed by atoms with Crippen LogP contribution >= 0.6 is 11.6 Å². The Morgan fingerprint density at radius 3 is 2.64 bits per heavy atom. The number of aliphatic imine (C=N–C) groups is 2. The number of aromatic nitrogens is 1. The zero-order valence-electron chi connectivity index (χ0n) is 14.5. The van der Waals surface area contributed by atoms with Gasteiger partial charge in [-0.3, -0.25) is 4.79 Å². The average Bonchev–Trinajstić information content (AvgIpc) is 2.90. The fourth-order valence-corrected chi connectivity index (χ4v) is 4.54. The summed E-state index contributed by atoms with van der Waals surface area (Å²) in [6.07, 6.45) is 5.52. The minimum absolute atomic E-state index is 0.0453. The van der Waals surface area contributed by atoms with Gasteiger partial charge in [-0.15, -0.1) is 0 Å². The van der Waals surface area contributed by atoms with E-state index in [1.165, 1.54) is 6.20 Å². The lowest BCUT2D eigenvalue weighted by Gasteiger charge is -2.48. The van der Waals surface area contributed by atoms with E-state index in [0.29, 0.717) is 23.9 Å². The molecule has 3 fully saturated rings. The van der Waals surface area contributed by atoms with E-state index < -0.39 is 0 Å². The summed E-state index contributed by atoms with van der Waals surface area (Å²) in [6.45, 7) is 7.15. The number of fused-ring (bicyclic) bond motifs is 3. The van der Waals surface area contributed by atoms with Crippen LogP contribution in [-0.2, 0) is 9.53 Å². The first kappa shape index (κ1) is 18.1. The molecule has 1 heterocycles. The lowest BCUT2D eigenvalue weighted by molar-refractivity contribution is -0.157. The van der Waals surface area contributed by atoms with E-state index in [9.17, 15) is 9.18 Å². The Bertz CT molecular complexity index is 707. The van der Waals surface area contributed by atoms with Crippen molar-refractivity contribution in [1.82, 2.24) is 4.57 Å². The van der Waals surface area contributed by atoms with E-state index in [2.05, 4.69) is 16.7 Å². The minimum atomic E-state index is -0.365. The zero-order valence-corrected chi connectivity index (χ0v) is 15.3. The second kappa shape index (κ2) is 7.28. The Morgan fingerprint density at radius 2 is 2.04 bits per heavy atom. The van der Waals surface area contributed by atoms with Crippen molar-refractivity contribution >= 4 is 35.4 Å². The van der Waals surface area contributed by atoms with Gasteiger partial charge >= 0.3 is 5.97 Å². The molecule has 4 rings (SSSR count). The van der Waals surface area contributed by atoms with Crippen molar-refractivity contribution in [3.8, 4) is 0 Å². The molecule has 136 valence electrons. The molecule has 1 aromatic heterocycles. The Kier molecular flexibility index (Phi) is 5.27. The van der Waals surface area contributed by atoms with Gasteiger partial charge in [-0.25, -0.2) is 9.38 Å². The molecule has 0 aromatic carbocycles. The number of carbonyl (C=O) groups excluding carboxylic acids is 1. The van der Waals surface area contributed by atoms with Gasteiger partial charge in [-0.05, 0) is 69.7 Å². The standard InChI is InChI=1S/C18H23ClFN3O2/c1-4-25-17(24)14-11-5-7-12(8-6-11)15(14)23-9-13(20)10(2)16(23)22-18(19)21-3/h9,11-12,14-15H,3-8H2,1-2H3/b22-18-/t11?,12?,14-,15?/m0/s1. The number of rotatable bonds is 4. The topological polar surface area (TPSA) is 56.0 Å². The first-order valence-corrected chi connectivity index (χ1v) is 9.10. The second-order valence-electron chi connectivity index (χ2n) is 6.82. The van der Waals surface area contributed by atoms with Crippen molar-refractivity contribution in [1.29, 1.82) is 0 Å². The predicted molar refractivity (Wildman–Crippen MR) is 96.2 cm³/mol. The summed E-state index contributed by atoms with van der Waals surface area (Å²) < 4.78 is 21.4. The van der Waals surface area contributed by atoms with Gasteiger partial charge < -0.3 is 9.30 Å². The number of ether oxygens (including phenoxy) is 1. The summed E-state index contributed by atoms with van der Waals surface area (Å²) in [5.74, 6) is 0.136. The molecule has 1 unspecified atom stereocenters. The molecular weight excluding hydrogens is 345 g/mol. The first-order valence-electron chi connectivity index (χ1n) is 8.72. The summed E-state index contributed by atoms with van der Waals surface area (Å²) in [6, 6.07) is -0.164. The number of hydrogen-bond donors (Lipinski definition) is 0. The summed E-state index contributed by atoms with van der Waals surface area (Å²) in [5.41, 5.74) is 0.394. The van der Waals surface area contributed by atoms with Gasteiger partial charge in [-0.2, -0.15) is 4.99 Å². The Labute approximate surface area is 151 Å². The molecule has 2 bridgehead atoms. The van der Waals surface area contributed by atoms with E-state index in [4.69, 9.17) is 16.3 Å². The molecule has 3 aliphatic carbocycles. The highest BCUT2D eigenvalue weighted by atomic mass is 35.5. The molecule has 0 aliphatic heterocycles. The molecule has 25 heavy (non-hydrogen) atoms. The van der Waals surface area contributed by atoms with Gasteiger partial charge in [0.05, 0.1) is 18.6 Å². The molecule has 0 N–H and O–H groups in total. The molecule has 7 heteroatoms. The third-order valence-corrected chi connectivity index (χ3v) is 5.78. The van der Waals surface area contributed by atoms with Crippen molar-refractivity contribution in [2.24, 2.45) is 27.7 Å². The van der Waals surface area contributed by atoms with Crippen molar-refractivity contribution in [3.63, 3.8) is 0 Å². The van der Waals surface area contributed by atoms with Crippen LogP contribution in [0.4, 0.5) is 10.2 Å². The van der Waals surface area contributed by atoms with Crippen LogP contribution in [0.5, 0.6) is 0 Å². The maximum Gasteiger partial charge on any atom is 0.311 e. The van der Waals surface area contributed by atoms with Crippen molar-refractivity contribution < 1.29 is 13.9 Å². The van der Waals surface area contributed by atoms with E-state index in [1.54, 1.807) is 18.4 Å². The van der Waals surface area contributed by atoms with Crippen LogP contribution in [0.15, 0.2) is 16.2 Å². The monoisotopic (exact) mass is 367 g/mol. The molecular formula is C18H23ClFN3O2. The molecule has 0 amide bonds. The largest absolute Gasteiger partial charge is 0.466 e. The third kappa shape index (κ3) is 3.24. The zero-order chi connectivity index (χ0) is 18.1. The number of carbonyl (C=O) groups is 1. The predicted octanol–water partition coefficient (Wildman–Crippen LogP) is 4.40. The smallest absolute Gasteiger partial charge is 0.311 e. The molecule has 0 radical (unpaired) electrons. The fraction of sp³-hybridized carbons (Fsp3) is 0.611. The van der Waals surface area contributed by atoms with E-state index in [0.717, 1.165) is 25.7 Å². The molecule has 2 atom stereocenters. The lowest BCUT2D eigenvalue weighted by Crippen LogP contribution is -2.45. The number of nitrogens with zero attached hydrogens (tertiary/aromatic N) is 3. The highest BCUT2D eigenvalue weighted by Crippen LogP contribution is 2.53. The highest BCUT2D eigenvalue weighted by molar-refractivity contribution is 6.65. The van der Waals surface area contributed by atoms with Crippen LogP contribution in [0.1, 0.15) is 44.2 Å². The van der Waals surface area contributed by atoms with Crippen LogP contribution < -0.4 is 0 Å². The minimum Gasteiger partial charge on any atom is -0.466 e. The van der Waals surface area contributed by atoms with Gasteiger partial charge in [-0.1, -0.05) is 0 Å². The summed E-state index contributed by atoms with van der Waals surface area (Å²) in [4.78, 5) is 20.4. The summed E-state index contributed by atoms with van der Waals surface area (Å²) >= 11 is 5.91. The van der Waals surface area contributed by atoms with Crippen molar-refractivity contribution in [2.45, 2.75) is 45.6 Å². The molecule has 1 aromatic rings. The van der Waals surface area contributed by atoms with Crippen LogP contribution in [-0.4, -0.2) is 29.2 Å². The molecule has 3 aliphatic rings. The normalized spacial score (nSPS) is 28.9. The van der Waals surface area contributed by atoms with Gasteiger partial charge in [0.2, 0.25) is 5.29 Å². The van der Waals surface area contributed by atoms with E-state index in [-0.39, 0.29) is 35.0 Å². The van der Waals surface area contributed by atoms with E-state index in [1.807, 2.05) is 0 Å². The number of amidine groups is 1. The van der Waals surface area contributed by atoms with Crippen LogP contribution in [0.3, 0.4) is 0 Å². The van der Waals surface area contributed by atoms with Crippen molar-refractivity contribution in [2.75, 3.05) is 6.61 Å². The quantitative estimate of drug-likeness (QED) is 0.342. The van der Waals surface area contributed by atoms with Crippen LogP contribution in [0.25, 0.3) is 0 Å². The van der Waals surface area contributed by atoms with Gasteiger partial charge in [0.25, 0.3) is 0 Å². The van der Waals surface area contributed by atoms with Gasteiger partial charge in [0.1, 0.15) is 11.6 Å². The Balaban J connectivity index is 2.08. The van der Waals surface area contributed by atoms with Crippen LogP contribution in [0, 0.1) is 30.5 Å². The highest BCUT2D eigenvalue weighted by Gasteiger charge is 2.49. The Hall–Kier alpha value is -1.69. The Morgan fingerprint density at radius 1 is 1.40 bits per heavy atom. The number of hydrogen-bond acceptors (Lipinski definition) is 3. The fourth-order valence-electron chi connectivity index (χ4n) is 4.46. The third-order valence-electron chi connectivity index (χ3n) is 5.57. The maximum atomic E-state index is 14.3. The molecule has 3 saturated carbocycles. The van der Waals surface area contributed by atoms with Crippen LogP contribution in [0.2, 0.25) is 0 Å². The van der Waals surface area contributed by atoms with Gasteiger partial charge in [0.15, 0.2) is 0 Å². The van der Waals surface area contributed by atoms with E-state index >= 15 is 0 Å². The maximum absolute atomic E-state index is 14.3. The molecule has 5 nitrogen and oxygen atoms in total. The number of esters is 1. The average molecular weight is 368 g/mol. The van der Waals surface area contributed by atoms with Crippen molar-refractivity contribution in [3.05, 3.63) is 17.6 Å². The summed E-state index contributed by atoms with van der Waals surface area (Å²) in [7, 11) is 0.